The summed E-state index contributed by atoms with van der Waals surface area (Å²) >= 11 is 1.59. The van der Waals surface area contributed by atoms with Crippen LogP contribution in [0.15, 0.2) is 23.8 Å². The second-order valence-corrected chi connectivity index (χ2v) is 4.35. The van der Waals surface area contributed by atoms with Gasteiger partial charge in [-0.1, -0.05) is 0 Å². The molecule has 0 aliphatic rings. The molecule has 0 aliphatic heterocycles. The Bertz CT molecular complexity index is 506. The highest BCUT2D eigenvalue weighted by atomic mass is 32.1. The van der Waals surface area contributed by atoms with Gasteiger partial charge in [0.2, 0.25) is 0 Å². The van der Waals surface area contributed by atoms with Crippen LogP contribution in [0.5, 0.6) is 0 Å². The Balaban J connectivity index is 1.94. The fourth-order valence-corrected chi connectivity index (χ4v) is 2.10. The van der Waals surface area contributed by atoms with Crippen LogP contribution >= 0.6 is 11.3 Å². The van der Waals surface area contributed by atoms with Crippen LogP contribution in [0.1, 0.15) is 17.4 Å². The Morgan fingerprint density at radius 3 is 3.12 bits per heavy atom. The highest BCUT2D eigenvalue weighted by Gasteiger charge is 2.00. The van der Waals surface area contributed by atoms with Crippen LogP contribution in [-0.2, 0) is 13.1 Å². The second kappa shape index (κ2) is 4.81. The maximum absolute atomic E-state index is 8.69. The first-order valence-corrected chi connectivity index (χ1v) is 5.93. The van der Waals surface area contributed by atoms with E-state index in [9.17, 15) is 0 Å². The lowest BCUT2D eigenvalue weighted by Crippen LogP contribution is -1.96. The predicted octanol–water partition coefficient (Wildman–Crippen LogP) is 2.45. The first-order valence-electron chi connectivity index (χ1n) is 5.05. The molecule has 2 aromatic rings. The smallest absolute Gasteiger partial charge is 0.100 e. The summed E-state index contributed by atoms with van der Waals surface area (Å²) in [7, 11) is 0. The lowest BCUT2D eigenvalue weighted by Gasteiger charge is -1.99. The van der Waals surface area contributed by atoms with Gasteiger partial charge in [0.15, 0.2) is 0 Å². The van der Waals surface area contributed by atoms with E-state index < -0.39 is 0 Å². The van der Waals surface area contributed by atoms with Gasteiger partial charge in [0.25, 0.3) is 0 Å². The average molecular weight is 232 g/mol. The first-order chi connectivity index (χ1) is 7.81. The van der Waals surface area contributed by atoms with E-state index >= 15 is 0 Å². The molecule has 0 aliphatic carbocycles. The van der Waals surface area contributed by atoms with Gasteiger partial charge in [-0.3, -0.25) is 4.68 Å². The molecule has 2 heterocycles. The molecule has 0 atom stereocenters. The van der Waals surface area contributed by atoms with Gasteiger partial charge in [0.1, 0.15) is 6.07 Å². The third-order valence-electron chi connectivity index (χ3n) is 2.21. The number of anilines is 1. The summed E-state index contributed by atoms with van der Waals surface area (Å²) in [6.45, 7) is 3.66. The quantitative estimate of drug-likeness (QED) is 0.881. The molecule has 0 saturated heterocycles. The number of thiophene rings is 1. The number of nitrogens with zero attached hydrogens (tertiary/aromatic N) is 3. The van der Waals surface area contributed by atoms with Crippen molar-refractivity contribution >= 4 is 17.0 Å². The molecule has 1 N–H and O–H groups in total. The Morgan fingerprint density at radius 2 is 2.50 bits per heavy atom. The molecule has 4 nitrogen and oxygen atoms in total. The summed E-state index contributed by atoms with van der Waals surface area (Å²) in [6.07, 6.45) is 3.78. The molecule has 82 valence electrons. The van der Waals surface area contributed by atoms with Crippen LogP contribution in [0.25, 0.3) is 0 Å². The number of rotatable bonds is 4. The molecule has 0 saturated carbocycles. The Kier molecular flexibility index (Phi) is 3.22. The molecular weight excluding hydrogens is 220 g/mol. The molecule has 0 unspecified atom stereocenters. The van der Waals surface area contributed by atoms with E-state index in [2.05, 4.69) is 23.4 Å². The van der Waals surface area contributed by atoms with Gasteiger partial charge >= 0.3 is 0 Å². The Labute approximate surface area is 98.1 Å². The van der Waals surface area contributed by atoms with Gasteiger partial charge in [-0.2, -0.15) is 10.4 Å². The number of aryl methyl sites for hydroxylation is 1. The van der Waals surface area contributed by atoms with Crippen molar-refractivity contribution < 1.29 is 0 Å². The summed E-state index contributed by atoms with van der Waals surface area (Å²) in [6, 6.07) is 4.03. The molecular formula is C11H12N4S. The summed E-state index contributed by atoms with van der Waals surface area (Å²) in [5, 5.41) is 18.0. The van der Waals surface area contributed by atoms with E-state index in [1.54, 1.807) is 11.3 Å². The van der Waals surface area contributed by atoms with Crippen molar-refractivity contribution in [3.63, 3.8) is 0 Å². The van der Waals surface area contributed by atoms with Gasteiger partial charge < -0.3 is 5.32 Å². The van der Waals surface area contributed by atoms with Crippen LogP contribution in [0, 0.1) is 11.3 Å². The van der Waals surface area contributed by atoms with Gasteiger partial charge in [0, 0.05) is 29.5 Å². The van der Waals surface area contributed by atoms with Crippen molar-refractivity contribution in [3.8, 4) is 6.07 Å². The van der Waals surface area contributed by atoms with Crippen LogP contribution < -0.4 is 5.32 Å². The summed E-state index contributed by atoms with van der Waals surface area (Å²) in [5.41, 5.74) is 1.74. The number of nitrogens with one attached hydrogen (secondary N) is 1. The Morgan fingerprint density at radius 1 is 1.62 bits per heavy atom. The first kappa shape index (κ1) is 10.7. The average Bonchev–Trinajstić information content (AvgIpc) is 2.95. The minimum Gasteiger partial charge on any atom is -0.378 e. The number of hydrogen-bond donors (Lipinski definition) is 1. The van der Waals surface area contributed by atoms with Crippen LogP contribution in [0.3, 0.4) is 0 Å². The maximum atomic E-state index is 8.69. The van der Waals surface area contributed by atoms with Crippen molar-refractivity contribution in [2.24, 2.45) is 0 Å². The summed E-state index contributed by atoms with van der Waals surface area (Å²) < 4.78 is 1.87. The highest BCUT2D eigenvalue weighted by Crippen LogP contribution is 2.15. The normalized spacial score (nSPS) is 10.0. The largest absolute Gasteiger partial charge is 0.378 e. The van der Waals surface area contributed by atoms with Gasteiger partial charge in [-0.25, -0.2) is 0 Å². The topological polar surface area (TPSA) is 53.6 Å². The lowest BCUT2D eigenvalue weighted by atomic mass is 10.3. The molecule has 0 spiro atoms. The molecule has 0 aromatic carbocycles. The summed E-state index contributed by atoms with van der Waals surface area (Å²) in [5.74, 6) is 0. The Hall–Kier alpha value is -1.80. The van der Waals surface area contributed by atoms with Gasteiger partial charge in [-0.05, 0) is 13.0 Å². The minimum absolute atomic E-state index is 0.728. The zero-order valence-corrected chi connectivity index (χ0v) is 9.79. The molecule has 2 aromatic heterocycles. The molecule has 0 bridgehead atoms. The second-order valence-electron chi connectivity index (χ2n) is 3.35. The number of hydrogen-bond acceptors (Lipinski definition) is 4. The van der Waals surface area contributed by atoms with Crippen molar-refractivity contribution in [2.75, 3.05) is 5.32 Å². The third-order valence-corrected chi connectivity index (χ3v) is 3.14. The van der Waals surface area contributed by atoms with Crippen molar-refractivity contribution in [1.82, 2.24) is 9.78 Å². The van der Waals surface area contributed by atoms with Crippen LogP contribution in [0.4, 0.5) is 5.69 Å². The van der Waals surface area contributed by atoms with Crippen LogP contribution in [0.2, 0.25) is 0 Å². The van der Waals surface area contributed by atoms with E-state index in [-0.39, 0.29) is 0 Å². The van der Waals surface area contributed by atoms with E-state index in [1.165, 1.54) is 0 Å². The fraction of sp³-hybridized carbons (Fsp3) is 0.273. The maximum Gasteiger partial charge on any atom is 0.100 e. The van der Waals surface area contributed by atoms with E-state index in [4.69, 9.17) is 5.26 Å². The third kappa shape index (κ3) is 2.41. The van der Waals surface area contributed by atoms with Crippen molar-refractivity contribution in [3.05, 3.63) is 34.3 Å². The zero-order valence-electron chi connectivity index (χ0n) is 8.97. The van der Waals surface area contributed by atoms with Gasteiger partial charge in [-0.15, -0.1) is 11.3 Å². The zero-order chi connectivity index (χ0) is 11.4. The minimum atomic E-state index is 0.728. The fourth-order valence-electron chi connectivity index (χ4n) is 1.35. The van der Waals surface area contributed by atoms with E-state index in [1.807, 2.05) is 28.5 Å². The molecule has 5 heteroatoms. The molecule has 0 radical (unpaired) electrons. The van der Waals surface area contributed by atoms with Crippen molar-refractivity contribution in [1.29, 1.82) is 5.26 Å². The standard InChI is InChI=1S/C11H12N4S/c1-2-15-7-10(5-14-15)13-6-11-3-9(4-12)8-16-11/h3,5,7-8,13H,2,6H2,1H3. The summed E-state index contributed by atoms with van der Waals surface area (Å²) in [4.78, 5) is 1.15. The molecule has 0 amide bonds. The highest BCUT2D eigenvalue weighted by molar-refractivity contribution is 7.10. The van der Waals surface area contributed by atoms with Crippen LogP contribution in [-0.4, -0.2) is 9.78 Å². The van der Waals surface area contributed by atoms with E-state index in [0.29, 0.717) is 0 Å². The van der Waals surface area contributed by atoms with Gasteiger partial charge in [0.05, 0.1) is 17.4 Å². The lowest BCUT2D eigenvalue weighted by molar-refractivity contribution is 0.660. The monoisotopic (exact) mass is 232 g/mol. The number of aromatic nitrogens is 2. The van der Waals surface area contributed by atoms with Crippen molar-refractivity contribution in [2.45, 2.75) is 20.0 Å². The molecule has 2 rings (SSSR count). The molecule has 16 heavy (non-hydrogen) atoms. The number of nitriles is 1. The molecule has 0 fully saturated rings. The predicted molar refractivity (Wildman–Crippen MR) is 64.3 cm³/mol. The van der Waals surface area contributed by atoms with E-state index in [0.717, 1.165) is 29.2 Å². The SMILES string of the molecule is CCn1cc(NCc2cc(C#N)cs2)cn1.